The maximum absolute atomic E-state index is 11.6. The molecule has 0 saturated heterocycles. The highest BCUT2D eigenvalue weighted by Crippen LogP contribution is 2.20. The van der Waals surface area contributed by atoms with Gasteiger partial charge in [0.1, 0.15) is 0 Å². The summed E-state index contributed by atoms with van der Waals surface area (Å²) in [6.45, 7) is 4.71. The quantitative estimate of drug-likeness (QED) is 0.789. The van der Waals surface area contributed by atoms with E-state index in [0.717, 1.165) is 17.7 Å². The van der Waals surface area contributed by atoms with E-state index in [4.69, 9.17) is 9.47 Å². The maximum Gasteiger partial charge on any atom is 0.338 e. The molecule has 1 atom stereocenters. The summed E-state index contributed by atoms with van der Waals surface area (Å²) in [7, 11) is 3.08. The maximum atomic E-state index is 11.6. The average Bonchev–Trinajstić information content (AvgIpc) is 2.38. The number of anilines is 1. The fourth-order valence-corrected chi connectivity index (χ4v) is 1.76. The van der Waals surface area contributed by atoms with Gasteiger partial charge in [-0.25, -0.2) is 4.79 Å². The standard InChI is InChI=1S/C14H21NO3/c1-10(8-9-17-3)15-13-7-5-6-12(11(13)2)14(16)18-4/h5-7,10,15H,8-9H2,1-4H3. The Labute approximate surface area is 108 Å². The molecule has 0 saturated carbocycles. The van der Waals surface area contributed by atoms with Gasteiger partial charge in [0.2, 0.25) is 0 Å². The van der Waals surface area contributed by atoms with Crippen LogP contribution in [0.4, 0.5) is 5.69 Å². The molecular weight excluding hydrogens is 230 g/mol. The fraction of sp³-hybridized carbons (Fsp3) is 0.500. The Morgan fingerprint density at radius 1 is 1.39 bits per heavy atom. The van der Waals surface area contributed by atoms with Crippen LogP contribution in [0.1, 0.15) is 29.3 Å². The molecule has 0 spiro atoms. The van der Waals surface area contributed by atoms with Crippen molar-refractivity contribution in [3.05, 3.63) is 29.3 Å². The highest BCUT2D eigenvalue weighted by atomic mass is 16.5. The van der Waals surface area contributed by atoms with Crippen LogP contribution in [-0.2, 0) is 9.47 Å². The van der Waals surface area contributed by atoms with Gasteiger partial charge in [0, 0.05) is 25.4 Å². The Morgan fingerprint density at radius 2 is 2.11 bits per heavy atom. The van der Waals surface area contributed by atoms with E-state index in [1.165, 1.54) is 7.11 Å². The van der Waals surface area contributed by atoms with Crippen LogP contribution in [0.25, 0.3) is 0 Å². The van der Waals surface area contributed by atoms with E-state index in [1.807, 2.05) is 19.1 Å². The van der Waals surface area contributed by atoms with Gasteiger partial charge >= 0.3 is 5.97 Å². The molecule has 0 bridgehead atoms. The third-order valence-corrected chi connectivity index (χ3v) is 2.90. The number of rotatable bonds is 6. The van der Waals surface area contributed by atoms with Crippen molar-refractivity contribution in [2.24, 2.45) is 0 Å². The molecule has 0 heterocycles. The summed E-state index contributed by atoms with van der Waals surface area (Å²) in [5.74, 6) is -0.305. The van der Waals surface area contributed by atoms with Crippen LogP contribution in [0.5, 0.6) is 0 Å². The zero-order chi connectivity index (χ0) is 13.5. The van der Waals surface area contributed by atoms with Crippen LogP contribution in [0.2, 0.25) is 0 Å². The minimum atomic E-state index is -0.305. The summed E-state index contributed by atoms with van der Waals surface area (Å²) >= 11 is 0. The topological polar surface area (TPSA) is 47.6 Å². The first-order valence-electron chi connectivity index (χ1n) is 6.03. The zero-order valence-corrected chi connectivity index (χ0v) is 11.4. The van der Waals surface area contributed by atoms with Gasteiger partial charge < -0.3 is 14.8 Å². The van der Waals surface area contributed by atoms with E-state index in [2.05, 4.69) is 12.2 Å². The first-order valence-corrected chi connectivity index (χ1v) is 6.03. The van der Waals surface area contributed by atoms with Crippen LogP contribution in [-0.4, -0.2) is 32.8 Å². The van der Waals surface area contributed by atoms with Gasteiger partial charge in [0.05, 0.1) is 12.7 Å². The second-order valence-electron chi connectivity index (χ2n) is 4.30. The van der Waals surface area contributed by atoms with E-state index in [1.54, 1.807) is 13.2 Å². The molecule has 18 heavy (non-hydrogen) atoms. The van der Waals surface area contributed by atoms with E-state index >= 15 is 0 Å². The van der Waals surface area contributed by atoms with E-state index in [9.17, 15) is 4.79 Å². The Bertz CT molecular complexity index is 404. The summed E-state index contributed by atoms with van der Waals surface area (Å²) in [6, 6.07) is 5.87. The highest BCUT2D eigenvalue weighted by Gasteiger charge is 2.12. The van der Waals surface area contributed by atoms with Crippen molar-refractivity contribution < 1.29 is 14.3 Å². The van der Waals surface area contributed by atoms with Crippen LogP contribution in [0, 0.1) is 6.92 Å². The number of hydrogen-bond donors (Lipinski definition) is 1. The van der Waals surface area contributed by atoms with Crippen LogP contribution < -0.4 is 5.32 Å². The molecule has 0 fully saturated rings. The lowest BCUT2D eigenvalue weighted by Gasteiger charge is -2.17. The number of nitrogens with one attached hydrogen (secondary N) is 1. The van der Waals surface area contributed by atoms with Gasteiger partial charge in [0.25, 0.3) is 0 Å². The van der Waals surface area contributed by atoms with E-state index in [-0.39, 0.29) is 12.0 Å². The number of ether oxygens (including phenoxy) is 2. The first-order chi connectivity index (χ1) is 8.60. The normalized spacial score (nSPS) is 12.0. The van der Waals surface area contributed by atoms with Crippen molar-refractivity contribution in [2.45, 2.75) is 26.3 Å². The molecular formula is C14H21NO3. The molecule has 1 N–H and O–H groups in total. The molecule has 0 radical (unpaired) electrons. The molecule has 4 heteroatoms. The minimum Gasteiger partial charge on any atom is -0.465 e. The van der Waals surface area contributed by atoms with Gasteiger partial charge in [0.15, 0.2) is 0 Å². The Morgan fingerprint density at radius 3 is 2.72 bits per heavy atom. The second-order valence-corrected chi connectivity index (χ2v) is 4.30. The van der Waals surface area contributed by atoms with Gasteiger partial charge in [-0.2, -0.15) is 0 Å². The molecule has 0 amide bonds. The lowest BCUT2D eigenvalue weighted by molar-refractivity contribution is 0.0600. The molecule has 0 aliphatic carbocycles. The number of benzene rings is 1. The third-order valence-electron chi connectivity index (χ3n) is 2.90. The molecule has 0 aromatic heterocycles. The summed E-state index contributed by atoms with van der Waals surface area (Å²) in [5, 5.41) is 3.38. The van der Waals surface area contributed by atoms with Gasteiger partial charge in [-0.1, -0.05) is 6.07 Å². The lowest BCUT2D eigenvalue weighted by Crippen LogP contribution is -2.18. The minimum absolute atomic E-state index is 0.288. The number of carbonyl (C=O) groups excluding carboxylic acids is 1. The predicted octanol–water partition coefficient (Wildman–Crippen LogP) is 2.62. The molecule has 4 nitrogen and oxygen atoms in total. The first kappa shape index (κ1) is 14.5. The van der Waals surface area contributed by atoms with Crippen molar-refractivity contribution in [1.29, 1.82) is 0 Å². The van der Waals surface area contributed by atoms with Crippen molar-refractivity contribution in [3.8, 4) is 0 Å². The van der Waals surface area contributed by atoms with Crippen molar-refractivity contribution in [1.82, 2.24) is 0 Å². The van der Waals surface area contributed by atoms with Gasteiger partial charge in [-0.3, -0.25) is 0 Å². The predicted molar refractivity (Wildman–Crippen MR) is 72.1 cm³/mol. The number of carbonyl (C=O) groups is 1. The molecule has 1 aromatic carbocycles. The summed E-state index contributed by atoms with van der Waals surface area (Å²) in [6.07, 6.45) is 0.915. The van der Waals surface area contributed by atoms with Crippen LogP contribution in [0.3, 0.4) is 0 Å². The Hall–Kier alpha value is -1.55. The van der Waals surface area contributed by atoms with Crippen LogP contribution in [0.15, 0.2) is 18.2 Å². The number of methoxy groups -OCH3 is 2. The van der Waals surface area contributed by atoms with Crippen molar-refractivity contribution in [2.75, 3.05) is 26.1 Å². The van der Waals surface area contributed by atoms with Crippen molar-refractivity contribution in [3.63, 3.8) is 0 Å². The van der Waals surface area contributed by atoms with Crippen molar-refractivity contribution >= 4 is 11.7 Å². The third kappa shape index (κ3) is 3.74. The van der Waals surface area contributed by atoms with Gasteiger partial charge in [-0.15, -0.1) is 0 Å². The SMILES string of the molecule is COCCC(C)Nc1cccc(C(=O)OC)c1C. The van der Waals surface area contributed by atoms with Gasteiger partial charge in [-0.05, 0) is 38.0 Å². The smallest absolute Gasteiger partial charge is 0.338 e. The molecule has 1 aromatic rings. The summed E-state index contributed by atoms with van der Waals surface area (Å²) in [4.78, 5) is 11.6. The Kier molecular flexibility index (Phi) is 5.65. The monoisotopic (exact) mass is 251 g/mol. The number of esters is 1. The Balaban J connectivity index is 2.80. The van der Waals surface area contributed by atoms with Crippen LogP contribution >= 0.6 is 0 Å². The number of hydrogen-bond acceptors (Lipinski definition) is 4. The molecule has 1 rings (SSSR count). The highest BCUT2D eigenvalue weighted by molar-refractivity contribution is 5.92. The van der Waals surface area contributed by atoms with E-state index in [0.29, 0.717) is 12.2 Å². The zero-order valence-electron chi connectivity index (χ0n) is 11.4. The molecule has 0 aliphatic rings. The molecule has 100 valence electrons. The summed E-state index contributed by atoms with van der Waals surface area (Å²) < 4.78 is 9.80. The second kappa shape index (κ2) is 7.01. The largest absolute Gasteiger partial charge is 0.465 e. The van der Waals surface area contributed by atoms with E-state index < -0.39 is 0 Å². The molecule has 1 unspecified atom stereocenters. The molecule has 0 aliphatic heterocycles. The lowest BCUT2D eigenvalue weighted by atomic mass is 10.1. The summed E-state index contributed by atoms with van der Waals surface area (Å²) in [5.41, 5.74) is 2.47. The fourth-order valence-electron chi connectivity index (χ4n) is 1.76. The average molecular weight is 251 g/mol.